The first kappa shape index (κ1) is 14.1. The van der Waals surface area contributed by atoms with E-state index in [0.717, 1.165) is 18.2 Å². The molecule has 1 heterocycles. The fraction of sp³-hybridized carbons (Fsp3) is 0.562. The lowest BCUT2D eigenvalue weighted by Crippen LogP contribution is -2.38. The number of nitrogens with two attached hydrogens (primary N) is 1. The van der Waals surface area contributed by atoms with E-state index < -0.39 is 0 Å². The van der Waals surface area contributed by atoms with Crippen molar-refractivity contribution in [3.8, 4) is 0 Å². The lowest BCUT2D eigenvalue weighted by molar-refractivity contribution is 0.136. The molecule has 3 heteroatoms. The summed E-state index contributed by atoms with van der Waals surface area (Å²) in [6.07, 6.45) is 5.27. The van der Waals surface area contributed by atoms with Gasteiger partial charge in [-0.3, -0.25) is 10.3 Å². The van der Waals surface area contributed by atoms with Crippen molar-refractivity contribution >= 4 is 5.84 Å². The van der Waals surface area contributed by atoms with E-state index in [1.165, 1.54) is 43.4 Å². The standard InChI is InChI=1S/C16H25N3/c1-3-15-6-4-5-9-19(15)11-14-8-7-13(16(17)18)10-12(14)2/h7-8,10,15H,3-6,9,11H2,1-2H3,(H3,17,18). The van der Waals surface area contributed by atoms with Crippen molar-refractivity contribution < 1.29 is 0 Å². The fourth-order valence-corrected chi connectivity index (χ4v) is 2.99. The smallest absolute Gasteiger partial charge is 0.122 e. The predicted molar refractivity (Wildman–Crippen MR) is 80.5 cm³/mol. The maximum absolute atomic E-state index is 7.48. The Morgan fingerprint density at radius 2 is 2.21 bits per heavy atom. The molecule has 0 amide bonds. The van der Waals surface area contributed by atoms with Crippen LogP contribution >= 0.6 is 0 Å². The van der Waals surface area contributed by atoms with Crippen LogP contribution in [0.1, 0.15) is 49.3 Å². The number of nitrogen functional groups attached to an aromatic ring is 1. The lowest BCUT2D eigenvalue weighted by atomic mass is 9.97. The Hall–Kier alpha value is -1.35. The average Bonchev–Trinajstić information content (AvgIpc) is 2.41. The van der Waals surface area contributed by atoms with Crippen molar-refractivity contribution in [2.75, 3.05) is 6.54 Å². The van der Waals surface area contributed by atoms with E-state index in [1.807, 2.05) is 12.1 Å². The molecule has 2 rings (SSSR count). The topological polar surface area (TPSA) is 53.1 Å². The number of nitrogens with zero attached hydrogens (tertiary/aromatic N) is 1. The van der Waals surface area contributed by atoms with E-state index in [4.69, 9.17) is 11.1 Å². The molecule has 0 aromatic heterocycles. The third-order valence-electron chi connectivity index (χ3n) is 4.25. The van der Waals surface area contributed by atoms with Gasteiger partial charge in [0.2, 0.25) is 0 Å². The molecule has 1 unspecified atom stereocenters. The van der Waals surface area contributed by atoms with Gasteiger partial charge in [-0.1, -0.05) is 25.5 Å². The second-order valence-electron chi connectivity index (χ2n) is 5.58. The van der Waals surface area contributed by atoms with E-state index in [0.29, 0.717) is 0 Å². The van der Waals surface area contributed by atoms with Crippen LogP contribution in [0.25, 0.3) is 0 Å². The second kappa shape index (κ2) is 6.20. The van der Waals surface area contributed by atoms with Gasteiger partial charge in [-0.2, -0.15) is 0 Å². The summed E-state index contributed by atoms with van der Waals surface area (Å²) in [5.41, 5.74) is 8.97. The van der Waals surface area contributed by atoms with Gasteiger partial charge in [0.15, 0.2) is 0 Å². The number of benzene rings is 1. The first-order valence-electron chi connectivity index (χ1n) is 7.29. The van der Waals surface area contributed by atoms with E-state index in [1.54, 1.807) is 0 Å². The number of amidine groups is 1. The first-order valence-corrected chi connectivity index (χ1v) is 7.29. The van der Waals surface area contributed by atoms with Crippen molar-refractivity contribution in [2.45, 2.75) is 52.1 Å². The maximum atomic E-state index is 7.48. The molecular weight excluding hydrogens is 234 g/mol. The first-order chi connectivity index (χ1) is 9.11. The molecule has 1 aliphatic heterocycles. The third kappa shape index (κ3) is 3.35. The summed E-state index contributed by atoms with van der Waals surface area (Å²) in [6, 6.07) is 6.87. The Labute approximate surface area is 116 Å². The zero-order valence-corrected chi connectivity index (χ0v) is 12.1. The highest BCUT2D eigenvalue weighted by molar-refractivity contribution is 5.95. The van der Waals surface area contributed by atoms with Gasteiger partial charge in [0.25, 0.3) is 0 Å². The van der Waals surface area contributed by atoms with E-state index in [9.17, 15) is 0 Å². The molecule has 0 saturated carbocycles. The highest BCUT2D eigenvalue weighted by Gasteiger charge is 2.21. The van der Waals surface area contributed by atoms with Crippen LogP contribution in [0.3, 0.4) is 0 Å². The highest BCUT2D eigenvalue weighted by Crippen LogP contribution is 2.23. The van der Waals surface area contributed by atoms with Crippen LogP contribution in [0.5, 0.6) is 0 Å². The summed E-state index contributed by atoms with van der Waals surface area (Å²) in [4.78, 5) is 2.61. The Morgan fingerprint density at radius 3 is 2.84 bits per heavy atom. The number of aryl methyl sites for hydroxylation is 1. The molecule has 1 aromatic carbocycles. The summed E-state index contributed by atoms with van der Waals surface area (Å²) < 4.78 is 0. The molecule has 1 saturated heterocycles. The van der Waals surface area contributed by atoms with Crippen molar-refractivity contribution in [3.63, 3.8) is 0 Å². The number of hydrogen-bond acceptors (Lipinski definition) is 2. The molecule has 0 spiro atoms. The quantitative estimate of drug-likeness (QED) is 0.645. The summed E-state index contributed by atoms with van der Waals surface area (Å²) in [7, 11) is 0. The normalized spacial score (nSPS) is 20.4. The third-order valence-corrected chi connectivity index (χ3v) is 4.25. The van der Waals surface area contributed by atoms with Crippen molar-refractivity contribution in [1.29, 1.82) is 5.41 Å². The average molecular weight is 259 g/mol. The Morgan fingerprint density at radius 1 is 1.42 bits per heavy atom. The fourth-order valence-electron chi connectivity index (χ4n) is 2.99. The van der Waals surface area contributed by atoms with Crippen LogP contribution < -0.4 is 5.73 Å². The van der Waals surface area contributed by atoms with Gasteiger partial charge in [0.05, 0.1) is 0 Å². The number of nitrogens with one attached hydrogen (secondary N) is 1. The molecule has 3 nitrogen and oxygen atoms in total. The highest BCUT2D eigenvalue weighted by atomic mass is 15.2. The number of piperidine rings is 1. The SMILES string of the molecule is CCC1CCCCN1Cc1ccc(C(=N)N)cc1C. The van der Waals surface area contributed by atoms with Crippen molar-refractivity contribution in [3.05, 3.63) is 34.9 Å². The van der Waals surface area contributed by atoms with Gasteiger partial charge in [0.1, 0.15) is 5.84 Å². The zero-order chi connectivity index (χ0) is 13.8. The van der Waals surface area contributed by atoms with Crippen LogP contribution in [0.4, 0.5) is 0 Å². The molecule has 1 aromatic rings. The van der Waals surface area contributed by atoms with Gasteiger partial charge in [-0.15, -0.1) is 0 Å². The Balaban J connectivity index is 2.11. The van der Waals surface area contributed by atoms with Crippen LogP contribution in [0.15, 0.2) is 18.2 Å². The Bertz CT molecular complexity index is 453. The molecule has 0 bridgehead atoms. The van der Waals surface area contributed by atoms with Gasteiger partial charge >= 0.3 is 0 Å². The zero-order valence-electron chi connectivity index (χ0n) is 12.1. The van der Waals surface area contributed by atoms with E-state index in [2.05, 4.69) is 24.8 Å². The molecule has 0 aliphatic carbocycles. The van der Waals surface area contributed by atoms with E-state index >= 15 is 0 Å². The minimum absolute atomic E-state index is 0.152. The minimum atomic E-state index is 0.152. The summed E-state index contributed by atoms with van der Waals surface area (Å²) in [6.45, 7) is 6.65. The van der Waals surface area contributed by atoms with Gasteiger partial charge in [-0.05, 0) is 49.9 Å². The monoisotopic (exact) mass is 259 g/mol. The van der Waals surface area contributed by atoms with Gasteiger partial charge in [-0.25, -0.2) is 0 Å². The minimum Gasteiger partial charge on any atom is -0.384 e. The number of rotatable bonds is 4. The molecule has 1 aliphatic rings. The van der Waals surface area contributed by atoms with Crippen molar-refractivity contribution in [1.82, 2.24) is 4.90 Å². The van der Waals surface area contributed by atoms with Crippen LogP contribution in [-0.4, -0.2) is 23.3 Å². The molecule has 19 heavy (non-hydrogen) atoms. The van der Waals surface area contributed by atoms with Crippen LogP contribution in [0, 0.1) is 12.3 Å². The molecule has 1 atom stereocenters. The summed E-state index contributed by atoms with van der Waals surface area (Å²) >= 11 is 0. The summed E-state index contributed by atoms with van der Waals surface area (Å²) in [5, 5.41) is 7.48. The van der Waals surface area contributed by atoms with Gasteiger partial charge in [0, 0.05) is 18.2 Å². The van der Waals surface area contributed by atoms with E-state index in [-0.39, 0.29) is 5.84 Å². The molecule has 0 radical (unpaired) electrons. The second-order valence-corrected chi connectivity index (χ2v) is 5.58. The number of likely N-dealkylation sites (tertiary alicyclic amines) is 1. The molecule has 3 N–H and O–H groups in total. The maximum Gasteiger partial charge on any atom is 0.122 e. The number of hydrogen-bond donors (Lipinski definition) is 2. The largest absolute Gasteiger partial charge is 0.384 e. The van der Waals surface area contributed by atoms with Crippen LogP contribution in [0.2, 0.25) is 0 Å². The van der Waals surface area contributed by atoms with Gasteiger partial charge < -0.3 is 5.73 Å². The van der Waals surface area contributed by atoms with Crippen molar-refractivity contribution in [2.24, 2.45) is 5.73 Å². The predicted octanol–water partition coefficient (Wildman–Crippen LogP) is 3.04. The lowest BCUT2D eigenvalue weighted by Gasteiger charge is -2.35. The molecule has 1 fully saturated rings. The molecule has 104 valence electrons. The van der Waals surface area contributed by atoms with Crippen LogP contribution in [-0.2, 0) is 6.54 Å². The molecular formula is C16H25N3. The summed E-state index contributed by atoms with van der Waals surface area (Å²) in [5.74, 6) is 0.152. The Kier molecular flexibility index (Phi) is 4.59.